The van der Waals surface area contributed by atoms with Crippen LogP contribution in [0, 0.1) is 5.92 Å². The first kappa shape index (κ1) is 13.3. The lowest BCUT2D eigenvalue weighted by molar-refractivity contribution is 0.642. The number of hydrogen-bond acceptors (Lipinski definition) is 4. The third kappa shape index (κ3) is 4.39. The zero-order valence-electron chi connectivity index (χ0n) is 10.5. The van der Waals surface area contributed by atoms with Crippen molar-refractivity contribution in [3.8, 4) is 0 Å². The molecule has 16 heavy (non-hydrogen) atoms. The first-order valence-corrected chi connectivity index (χ1v) is 6.84. The van der Waals surface area contributed by atoms with Gasteiger partial charge in [0, 0.05) is 17.5 Å². The van der Waals surface area contributed by atoms with Gasteiger partial charge in [0.15, 0.2) is 0 Å². The summed E-state index contributed by atoms with van der Waals surface area (Å²) in [6.07, 6.45) is 3.66. The van der Waals surface area contributed by atoms with E-state index in [2.05, 4.69) is 43.0 Å². The van der Waals surface area contributed by atoms with Gasteiger partial charge in [-0.2, -0.15) is 11.8 Å². The molecule has 0 amide bonds. The normalized spacial score (nSPS) is 12.8. The average molecular weight is 239 g/mol. The molecule has 0 radical (unpaired) electrons. The summed E-state index contributed by atoms with van der Waals surface area (Å²) in [5.41, 5.74) is 1.05. The van der Waals surface area contributed by atoms with Gasteiger partial charge in [-0.05, 0) is 12.8 Å². The van der Waals surface area contributed by atoms with Crippen molar-refractivity contribution in [2.75, 3.05) is 11.9 Å². The molecule has 1 aromatic heterocycles. The van der Waals surface area contributed by atoms with Crippen molar-refractivity contribution < 1.29 is 0 Å². The molecule has 1 aromatic rings. The topological polar surface area (TPSA) is 37.8 Å². The van der Waals surface area contributed by atoms with Gasteiger partial charge in [-0.15, -0.1) is 0 Å². The Morgan fingerprint density at radius 2 is 2.00 bits per heavy atom. The first-order chi connectivity index (χ1) is 7.63. The Morgan fingerprint density at radius 1 is 1.25 bits per heavy atom. The molecule has 0 fully saturated rings. The maximum Gasteiger partial charge on any atom is 0.144 e. The summed E-state index contributed by atoms with van der Waals surface area (Å²) in [5, 5.41) is 3.80. The Hall–Kier alpha value is -0.770. The molecule has 0 saturated carbocycles. The lowest BCUT2D eigenvalue weighted by atomic mass is 10.2. The Balaban J connectivity index is 2.43. The number of hydrogen-bond donors (Lipinski definition) is 1. The summed E-state index contributed by atoms with van der Waals surface area (Å²) in [6.45, 7) is 9.69. The highest BCUT2D eigenvalue weighted by molar-refractivity contribution is 7.99. The molecule has 0 aliphatic carbocycles. The summed E-state index contributed by atoms with van der Waals surface area (Å²) in [5.74, 6) is 2.51. The van der Waals surface area contributed by atoms with Gasteiger partial charge in [-0.25, -0.2) is 4.98 Å². The van der Waals surface area contributed by atoms with Gasteiger partial charge in [0.1, 0.15) is 5.82 Å². The highest BCUT2D eigenvalue weighted by Gasteiger charge is 2.08. The molecule has 1 unspecified atom stereocenters. The van der Waals surface area contributed by atoms with Crippen molar-refractivity contribution >= 4 is 17.6 Å². The van der Waals surface area contributed by atoms with Crippen LogP contribution in [-0.4, -0.2) is 21.8 Å². The molecule has 0 aliphatic heterocycles. The fourth-order valence-corrected chi connectivity index (χ4v) is 2.08. The highest BCUT2D eigenvalue weighted by atomic mass is 32.2. The van der Waals surface area contributed by atoms with Crippen LogP contribution < -0.4 is 5.32 Å². The number of rotatable bonds is 6. The molecule has 90 valence electrons. The van der Waals surface area contributed by atoms with E-state index < -0.39 is 0 Å². The molecule has 0 aromatic carbocycles. The fourth-order valence-electron chi connectivity index (χ4n) is 1.11. The second kappa shape index (κ2) is 6.74. The third-order valence-corrected chi connectivity index (χ3v) is 4.03. The summed E-state index contributed by atoms with van der Waals surface area (Å²) in [7, 11) is 0. The number of aromatic nitrogens is 2. The molecule has 1 rings (SSSR count). The zero-order chi connectivity index (χ0) is 12.0. The highest BCUT2D eigenvalue weighted by Crippen LogP contribution is 2.22. The van der Waals surface area contributed by atoms with Crippen LogP contribution in [-0.2, 0) is 5.75 Å². The number of thioether (sulfide) groups is 1. The van der Waals surface area contributed by atoms with E-state index in [0.717, 1.165) is 23.8 Å². The second-order valence-corrected chi connectivity index (χ2v) is 5.55. The fraction of sp³-hybridized carbons (Fsp3) is 0.667. The smallest absolute Gasteiger partial charge is 0.144 e. The van der Waals surface area contributed by atoms with E-state index in [1.807, 2.05) is 18.0 Å². The molecule has 3 nitrogen and oxygen atoms in total. The minimum atomic E-state index is 0.662. The minimum Gasteiger partial charge on any atom is -0.369 e. The van der Waals surface area contributed by atoms with Gasteiger partial charge in [0.25, 0.3) is 0 Å². The van der Waals surface area contributed by atoms with E-state index in [1.165, 1.54) is 0 Å². The Kier molecular flexibility index (Phi) is 5.60. The van der Waals surface area contributed by atoms with E-state index in [-0.39, 0.29) is 0 Å². The molecular formula is C12H21N3S. The van der Waals surface area contributed by atoms with E-state index in [1.54, 1.807) is 6.20 Å². The van der Waals surface area contributed by atoms with Crippen LogP contribution in [0.4, 0.5) is 5.82 Å². The summed E-state index contributed by atoms with van der Waals surface area (Å²) < 4.78 is 0. The van der Waals surface area contributed by atoms with Crippen molar-refractivity contribution in [1.29, 1.82) is 0 Å². The van der Waals surface area contributed by atoms with Crippen LogP contribution in [0.25, 0.3) is 0 Å². The predicted octanol–water partition coefficient (Wildman–Crippen LogP) is 3.19. The van der Waals surface area contributed by atoms with Gasteiger partial charge in [-0.3, -0.25) is 4.98 Å². The average Bonchev–Trinajstić information content (AvgIpc) is 2.28. The minimum absolute atomic E-state index is 0.662. The number of nitrogens with one attached hydrogen (secondary N) is 1. The van der Waals surface area contributed by atoms with Gasteiger partial charge < -0.3 is 5.32 Å². The summed E-state index contributed by atoms with van der Waals surface area (Å²) in [4.78, 5) is 8.69. The lowest BCUT2D eigenvalue weighted by Gasteiger charge is -2.14. The first-order valence-electron chi connectivity index (χ1n) is 5.79. The molecule has 1 heterocycles. The van der Waals surface area contributed by atoms with Crippen LogP contribution in [0.1, 0.15) is 33.4 Å². The van der Waals surface area contributed by atoms with E-state index in [4.69, 9.17) is 0 Å². The quantitative estimate of drug-likeness (QED) is 0.827. The van der Waals surface area contributed by atoms with Crippen LogP contribution in [0.3, 0.4) is 0 Å². The van der Waals surface area contributed by atoms with Gasteiger partial charge in [0.05, 0.1) is 18.1 Å². The largest absolute Gasteiger partial charge is 0.369 e. The van der Waals surface area contributed by atoms with Crippen molar-refractivity contribution in [2.45, 2.75) is 38.7 Å². The van der Waals surface area contributed by atoms with Crippen molar-refractivity contribution in [3.63, 3.8) is 0 Å². The van der Waals surface area contributed by atoms with Crippen LogP contribution in [0.2, 0.25) is 0 Å². The number of nitrogens with zero attached hydrogens (tertiary/aromatic N) is 2. The maximum absolute atomic E-state index is 4.38. The Bertz CT molecular complexity index is 298. The molecule has 0 bridgehead atoms. The maximum atomic E-state index is 4.38. The molecule has 1 N–H and O–H groups in total. The monoisotopic (exact) mass is 239 g/mol. The van der Waals surface area contributed by atoms with E-state index in [9.17, 15) is 0 Å². The van der Waals surface area contributed by atoms with Crippen molar-refractivity contribution in [1.82, 2.24) is 9.97 Å². The third-order valence-electron chi connectivity index (χ3n) is 2.50. The van der Waals surface area contributed by atoms with Crippen LogP contribution in [0.15, 0.2) is 12.4 Å². The Morgan fingerprint density at radius 3 is 2.50 bits per heavy atom. The predicted molar refractivity (Wildman–Crippen MR) is 71.8 cm³/mol. The SMILES string of the molecule is CCNc1cnc(CSC(C)C(C)C)cn1. The summed E-state index contributed by atoms with van der Waals surface area (Å²) in [6, 6.07) is 0. The molecular weight excluding hydrogens is 218 g/mol. The van der Waals surface area contributed by atoms with Crippen molar-refractivity contribution in [3.05, 3.63) is 18.1 Å². The van der Waals surface area contributed by atoms with E-state index in [0.29, 0.717) is 11.2 Å². The molecule has 0 aliphatic rings. The van der Waals surface area contributed by atoms with Gasteiger partial charge in [-0.1, -0.05) is 20.8 Å². The van der Waals surface area contributed by atoms with Gasteiger partial charge >= 0.3 is 0 Å². The molecule has 1 atom stereocenters. The second-order valence-electron chi connectivity index (χ2n) is 4.18. The lowest BCUT2D eigenvalue weighted by Crippen LogP contribution is -2.06. The molecule has 0 saturated heterocycles. The van der Waals surface area contributed by atoms with Crippen LogP contribution in [0.5, 0.6) is 0 Å². The Labute approximate surface area is 102 Å². The standard InChI is InChI=1S/C12H21N3S/c1-5-13-12-7-14-11(6-15-12)8-16-10(4)9(2)3/h6-7,9-10H,5,8H2,1-4H3,(H,13,15). The number of anilines is 1. The molecule has 4 heteroatoms. The van der Waals surface area contributed by atoms with Gasteiger partial charge in [0.2, 0.25) is 0 Å². The summed E-state index contributed by atoms with van der Waals surface area (Å²) >= 11 is 1.93. The zero-order valence-corrected chi connectivity index (χ0v) is 11.3. The van der Waals surface area contributed by atoms with Crippen LogP contribution >= 0.6 is 11.8 Å². The molecule has 0 spiro atoms. The van der Waals surface area contributed by atoms with E-state index >= 15 is 0 Å². The van der Waals surface area contributed by atoms with Crippen molar-refractivity contribution in [2.24, 2.45) is 5.92 Å².